The molecule has 3 aromatic rings. The van der Waals surface area contributed by atoms with Gasteiger partial charge >= 0.3 is 5.97 Å². The molecule has 0 saturated carbocycles. The number of carbonyl (C=O) groups excluding carboxylic acids is 1. The number of hydrogen-bond donors (Lipinski definition) is 1. The van der Waals surface area contributed by atoms with Crippen molar-refractivity contribution in [1.82, 2.24) is 0 Å². The molecule has 0 aliphatic heterocycles. The van der Waals surface area contributed by atoms with E-state index in [4.69, 9.17) is 14.9 Å². The highest BCUT2D eigenvalue weighted by molar-refractivity contribution is 6.99. The fourth-order valence-electron chi connectivity index (χ4n) is 4.24. The third-order valence-electron chi connectivity index (χ3n) is 5.92. The van der Waals surface area contributed by atoms with Gasteiger partial charge < -0.3 is 14.9 Å². The zero-order valence-electron chi connectivity index (χ0n) is 19.9. The van der Waals surface area contributed by atoms with Crippen LogP contribution in [0.5, 0.6) is 0 Å². The van der Waals surface area contributed by atoms with E-state index in [2.05, 4.69) is 69.3 Å². The number of nitrogens with two attached hydrogens (primary N) is 1. The van der Waals surface area contributed by atoms with Gasteiger partial charge in [0.25, 0.3) is 8.32 Å². The topological polar surface area (TPSA) is 61.5 Å². The number of rotatable bonds is 10. The van der Waals surface area contributed by atoms with Gasteiger partial charge in [0.2, 0.25) is 0 Å². The van der Waals surface area contributed by atoms with Crippen molar-refractivity contribution in [2.45, 2.75) is 51.3 Å². The van der Waals surface area contributed by atoms with Crippen molar-refractivity contribution in [2.24, 2.45) is 5.73 Å². The molecule has 0 aliphatic rings. The number of esters is 1. The lowest BCUT2D eigenvalue weighted by atomic mass is 10.2. The zero-order chi connectivity index (χ0) is 23.7. The van der Waals surface area contributed by atoms with E-state index in [1.807, 2.05) is 42.5 Å². The van der Waals surface area contributed by atoms with E-state index in [1.165, 1.54) is 10.4 Å². The fraction of sp³-hybridized carbons (Fsp3) is 0.321. The lowest BCUT2D eigenvalue weighted by molar-refractivity contribution is -0.146. The van der Waals surface area contributed by atoms with Crippen molar-refractivity contribution < 1.29 is 14.0 Å². The molecule has 0 heterocycles. The Kier molecular flexibility index (Phi) is 8.61. The standard InChI is InChI=1S/C28H35NO3Si/c1-28(2,3)33(24-16-9-5-10-17-24,25-18-11-6-12-19-25)32-21-13-20-26(29)27(30)31-22-23-14-7-4-8-15-23/h4-12,14-19,26H,13,20-22,29H2,1-3H3/t26-/m0/s1. The van der Waals surface area contributed by atoms with Crippen LogP contribution in [-0.2, 0) is 20.6 Å². The van der Waals surface area contributed by atoms with Crippen LogP contribution in [-0.4, -0.2) is 26.9 Å². The van der Waals surface area contributed by atoms with Gasteiger partial charge in [-0.2, -0.15) is 0 Å². The first-order valence-corrected chi connectivity index (χ1v) is 13.5. The van der Waals surface area contributed by atoms with E-state index in [9.17, 15) is 4.79 Å². The van der Waals surface area contributed by atoms with E-state index in [-0.39, 0.29) is 17.6 Å². The summed E-state index contributed by atoms with van der Waals surface area (Å²) in [6.07, 6.45) is 1.21. The predicted molar refractivity (Wildman–Crippen MR) is 137 cm³/mol. The molecule has 5 heteroatoms. The van der Waals surface area contributed by atoms with Crippen LogP contribution in [0, 0.1) is 0 Å². The Morgan fingerprint density at radius 1 is 0.848 bits per heavy atom. The fourth-order valence-corrected chi connectivity index (χ4v) is 8.85. The molecule has 33 heavy (non-hydrogen) atoms. The Balaban J connectivity index is 1.66. The highest BCUT2D eigenvalue weighted by atomic mass is 28.4. The number of carbonyl (C=O) groups is 1. The molecule has 1 atom stereocenters. The molecule has 0 spiro atoms. The van der Waals surface area contributed by atoms with Gasteiger partial charge in [0.15, 0.2) is 0 Å². The van der Waals surface area contributed by atoms with Crippen LogP contribution < -0.4 is 16.1 Å². The summed E-state index contributed by atoms with van der Waals surface area (Å²) in [6.45, 7) is 7.54. The van der Waals surface area contributed by atoms with Gasteiger partial charge in [-0.1, -0.05) is 112 Å². The Morgan fingerprint density at radius 2 is 1.33 bits per heavy atom. The first kappa shape index (κ1) is 24.9. The SMILES string of the molecule is CC(C)(C)[Si](OCCC[C@H](N)C(=O)OCc1ccccc1)(c1ccccc1)c1ccccc1. The molecule has 0 unspecified atom stereocenters. The summed E-state index contributed by atoms with van der Waals surface area (Å²) in [5.41, 5.74) is 7.07. The highest BCUT2D eigenvalue weighted by Crippen LogP contribution is 2.36. The number of benzene rings is 3. The summed E-state index contributed by atoms with van der Waals surface area (Å²) in [4.78, 5) is 12.3. The van der Waals surface area contributed by atoms with E-state index in [0.29, 0.717) is 19.4 Å². The summed E-state index contributed by atoms with van der Waals surface area (Å²) in [5.74, 6) is -0.371. The first-order chi connectivity index (χ1) is 15.8. The first-order valence-electron chi connectivity index (χ1n) is 11.6. The van der Waals surface area contributed by atoms with Crippen molar-refractivity contribution in [3.05, 3.63) is 96.6 Å². The van der Waals surface area contributed by atoms with Gasteiger partial charge in [-0.3, -0.25) is 4.79 Å². The summed E-state index contributed by atoms with van der Waals surface area (Å²) in [5, 5.41) is 2.41. The van der Waals surface area contributed by atoms with Gasteiger partial charge in [-0.25, -0.2) is 0 Å². The smallest absolute Gasteiger partial charge is 0.323 e. The van der Waals surface area contributed by atoms with E-state index >= 15 is 0 Å². The Bertz CT molecular complexity index is 948. The third kappa shape index (κ3) is 6.19. The zero-order valence-corrected chi connectivity index (χ0v) is 20.9. The molecule has 0 amide bonds. The van der Waals surface area contributed by atoms with E-state index < -0.39 is 14.4 Å². The van der Waals surface area contributed by atoms with Gasteiger partial charge in [0.1, 0.15) is 12.6 Å². The van der Waals surface area contributed by atoms with Crippen LogP contribution in [0.15, 0.2) is 91.0 Å². The molecule has 0 saturated heterocycles. The van der Waals surface area contributed by atoms with E-state index in [0.717, 1.165) is 5.56 Å². The van der Waals surface area contributed by atoms with Crippen LogP contribution in [0.3, 0.4) is 0 Å². The molecule has 174 valence electrons. The van der Waals surface area contributed by atoms with Gasteiger partial charge in [-0.05, 0) is 33.8 Å². The molecular weight excluding hydrogens is 426 g/mol. The minimum atomic E-state index is -2.56. The molecule has 0 bridgehead atoms. The number of ether oxygens (including phenoxy) is 1. The highest BCUT2D eigenvalue weighted by Gasteiger charge is 2.49. The summed E-state index contributed by atoms with van der Waals surface area (Å²) in [6, 6.07) is 30.1. The summed E-state index contributed by atoms with van der Waals surface area (Å²) in [7, 11) is -2.56. The van der Waals surface area contributed by atoms with Crippen LogP contribution in [0.25, 0.3) is 0 Å². The Morgan fingerprint density at radius 3 is 1.82 bits per heavy atom. The quantitative estimate of drug-likeness (QED) is 0.276. The average Bonchev–Trinajstić information content (AvgIpc) is 2.83. The van der Waals surface area contributed by atoms with Crippen LogP contribution in [0.4, 0.5) is 0 Å². The van der Waals surface area contributed by atoms with Gasteiger partial charge in [0, 0.05) is 6.61 Å². The summed E-state index contributed by atoms with van der Waals surface area (Å²) < 4.78 is 12.2. The van der Waals surface area contributed by atoms with Crippen LogP contribution >= 0.6 is 0 Å². The molecule has 3 aromatic carbocycles. The maximum atomic E-state index is 12.3. The molecular formula is C28H35NO3Si. The average molecular weight is 462 g/mol. The molecule has 0 fully saturated rings. The predicted octanol–water partition coefficient (Wildman–Crippen LogP) is 4.41. The van der Waals surface area contributed by atoms with Gasteiger partial charge in [0.05, 0.1) is 0 Å². The number of hydrogen-bond acceptors (Lipinski definition) is 4. The van der Waals surface area contributed by atoms with Crippen LogP contribution in [0.1, 0.15) is 39.2 Å². The van der Waals surface area contributed by atoms with Crippen molar-refractivity contribution >= 4 is 24.7 Å². The second-order valence-corrected chi connectivity index (χ2v) is 13.7. The Hall–Kier alpha value is -2.73. The lowest BCUT2D eigenvalue weighted by Crippen LogP contribution is -2.66. The van der Waals surface area contributed by atoms with Crippen molar-refractivity contribution in [3.8, 4) is 0 Å². The Labute approximate surface area is 198 Å². The molecule has 2 N–H and O–H groups in total. The molecule has 0 aromatic heterocycles. The summed E-state index contributed by atoms with van der Waals surface area (Å²) >= 11 is 0. The minimum absolute atomic E-state index is 0.0769. The minimum Gasteiger partial charge on any atom is -0.460 e. The second kappa shape index (κ2) is 11.4. The normalized spacial score (nSPS) is 12.8. The van der Waals surface area contributed by atoms with Crippen LogP contribution in [0.2, 0.25) is 5.04 Å². The molecule has 3 rings (SSSR count). The molecule has 0 aliphatic carbocycles. The molecule has 0 radical (unpaired) electrons. The maximum Gasteiger partial charge on any atom is 0.323 e. The third-order valence-corrected chi connectivity index (χ3v) is 11.0. The van der Waals surface area contributed by atoms with Crippen molar-refractivity contribution in [2.75, 3.05) is 6.61 Å². The van der Waals surface area contributed by atoms with Crippen molar-refractivity contribution in [3.63, 3.8) is 0 Å². The van der Waals surface area contributed by atoms with Crippen molar-refractivity contribution in [1.29, 1.82) is 0 Å². The monoisotopic (exact) mass is 461 g/mol. The largest absolute Gasteiger partial charge is 0.460 e. The second-order valence-electron chi connectivity index (χ2n) is 9.35. The van der Waals surface area contributed by atoms with Gasteiger partial charge in [-0.15, -0.1) is 0 Å². The maximum absolute atomic E-state index is 12.3. The van der Waals surface area contributed by atoms with E-state index in [1.54, 1.807) is 0 Å². The molecule has 4 nitrogen and oxygen atoms in total. The lowest BCUT2D eigenvalue weighted by Gasteiger charge is -2.43.